The van der Waals surface area contributed by atoms with Crippen LogP contribution in [-0.2, 0) is 13.6 Å². The van der Waals surface area contributed by atoms with Crippen molar-refractivity contribution in [2.75, 3.05) is 13.2 Å². The van der Waals surface area contributed by atoms with Crippen LogP contribution in [0.15, 0.2) is 18.5 Å². The lowest BCUT2D eigenvalue weighted by molar-refractivity contribution is 0.135. The van der Waals surface area contributed by atoms with Crippen molar-refractivity contribution in [3.63, 3.8) is 0 Å². The van der Waals surface area contributed by atoms with Gasteiger partial charge in [0.15, 0.2) is 0 Å². The first kappa shape index (κ1) is 12.3. The summed E-state index contributed by atoms with van der Waals surface area (Å²) < 4.78 is 2.04. The summed E-state index contributed by atoms with van der Waals surface area (Å²) in [5.41, 5.74) is 1.29. The van der Waals surface area contributed by atoms with Gasteiger partial charge in [0.25, 0.3) is 0 Å². The van der Waals surface area contributed by atoms with Gasteiger partial charge in [0.2, 0.25) is 0 Å². The van der Waals surface area contributed by atoms with Crippen LogP contribution in [0.2, 0.25) is 0 Å². The summed E-state index contributed by atoms with van der Waals surface area (Å²) in [6.45, 7) is 6.18. The van der Waals surface area contributed by atoms with E-state index in [1.165, 1.54) is 5.56 Å². The Morgan fingerprint density at radius 3 is 2.73 bits per heavy atom. The Bertz CT molecular complexity index is 290. The molecule has 0 aliphatic carbocycles. The fourth-order valence-electron chi connectivity index (χ4n) is 1.47. The van der Waals surface area contributed by atoms with Gasteiger partial charge >= 0.3 is 0 Å². The number of aromatic nitrogens is 1. The molecule has 1 aromatic heterocycles. The first-order valence-corrected chi connectivity index (χ1v) is 5.52. The van der Waals surface area contributed by atoms with Gasteiger partial charge in [-0.3, -0.25) is 0 Å². The molecule has 3 nitrogen and oxygen atoms in total. The van der Waals surface area contributed by atoms with Crippen molar-refractivity contribution in [3.05, 3.63) is 24.0 Å². The average Bonchev–Trinajstić information content (AvgIpc) is 2.64. The highest BCUT2D eigenvalue weighted by Crippen LogP contribution is 2.18. The molecular formula is C12H22N2O. The molecule has 1 unspecified atom stereocenters. The minimum atomic E-state index is 0.00871. The van der Waals surface area contributed by atoms with E-state index in [0.717, 1.165) is 19.5 Å². The van der Waals surface area contributed by atoms with Crippen molar-refractivity contribution in [1.29, 1.82) is 0 Å². The van der Waals surface area contributed by atoms with Crippen LogP contribution in [0.1, 0.15) is 25.8 Å². The van der Waals surface area contributed by atoms with Crippen LogP contribution in [0.25, 0.3) is 0 Å². The number of rotatable bonds is 6. The predicted octanol–water partition coefficient (Wildman–Crippen LogP) is 1.52. The van der Waals surface area contributed by atoms with E-state index in [-0.39, 0.29) is 12.0 Å². The van der Waals surface area contributed by atoms with Crippen LogP contribution in [0, 0.1) is 5.41 Å². The van der Waals surface area contributed by atoms with Crippen molar-refractivity contribution >= 4 is 0 Å². The summed E-state index contributed by atoms with van der Waals surface area (Å²) in [5, 5.41) is 12.6. The second kappa shape index (κ2) is 5.33. The molecular weight excluding hydrogens is 188 g/mol. The Labute approximate surface area is 92.1 Å². The van der Waals surface area contributed by atoms with Gasteiger partial charge in [0.05, 0.1) is 0 Å². The predicted molar refractivity (Wildman–Crippen MR) is 62.6 cm³/mol. The Kier molecular flexibility index (Phi) is 4.36. The summed E-state index contributed by atoms with van der Waals surface area (Å²) in [6.07, 6.45) is 5.14. The SMILES string of the molecule is CCC(C)(CO)CNCc1ccn(C)c1. The molecule has 0 saturated carbocycles. The summed E-state index contributed by atoms with van der Waals surface area (Å²) in [7, 11) is 2.02. The van der Waals surface area contributed by atoms with Crippen molar-refractivity contribution < 1.29 is 5.11 Å². The van der Waals surface area contributed by atoms with E-state index in [1.54, 1.807) is 0 Å². The fraction of sp³-hybridized carbons (Fsp3) is 0.667. The quantitative estimate of drug-likeness (QED) is 0.747. The van der Waals surface area contributed by atoms with E-state index in [0.29, 0.717) is 0 Å². The van der Waals surface area contributed by atoms with Gasteiger partial charge in [-0.05, 0) is 18.1 Å². The molecule has 1 heterocycles. The smallest absolute Gasteiger partial charge is 0.0496 e. The zero-order chi connectivity index (χ0) is 11.3. The minimum Gasteiger partial charge on any atom is -0.396 e. The molecule has 0 spiro atoms. The average molecular weight is 210 g/mol. The Hall–Kier alpha value is -0.800. The van der Waals surface area contributed by atoms with Gasteiger partial charge in [-0.25, -0.2) is 0 Å². The third-order valence-electron chi connectivity index (χ3n) is 3.01. The molecule has 3 heteroatoms. The highest BCUT2D eigenvalue weighted by Gasteiger charge is 2.19. The topological polar surface area (TPSA) is 37.2 Å². The van der Waals surface area contributed by atoms with Gasteiger partial charge in [-0.15, -0.1) is 0 Å². The highest BCUT2D eigenvalue weighted by atomic mass is 16.3. The molecule has 1 rings (SSSR count). The van der Waals surface area contributed by atoms with E-state index in [2.05, 4.69) is 31.4 Å². The maximum Gasteiger partial charge on any atom is 0.0496 e. The normalized spacial score (nSPS) is 15.2. The molecule has 1 atom stereocenters. The number of aliphatic hydroxyl groups excluding tert-OH is 1. The Balaban J connectivity index is 2.32. The standard InChI is InChI=1S/C12H22N2O/c1-4-12(2,10-15)9-13-7-11-5-6-14(3)8-11/h5-6,8,13,15H,4,7,9-10H2,1-3H3. The van der Waals surface area contributed by atoms with Gasteiger partial charge < -0.3 is 15.0 Å². The first-order valence-electron chi connectivity index (χ1n) is 5.52. The summed E-state index contributed by atoms with van der Waals surface area (Å²) >= 11 is 0. The molecule has 0 aromatic carbocycles. The van der Waals surface area contributed by atoms with Gasteiger partial charge in [-0.1, -0.05) is 13.8 Å². The molecule has 0 fully saturated rings. The molecule has 0 saturated heterocycles. The zero-order valence-corrected chi connectivity index (χ0v) is 9.95. The van der Waals surface area contributed by atoms with E-state index in [4.69, 9.17) is 0 Å². The molecule has 15 heavy (non-hydrogen) atoms. The second-order valence-electron chi connectivity index (χ2n) is 4.61. The monoisotopic (exact) mass is 210 g/mol. The van der Waals surface area contributed by atoms with Gasteiger partial charge in [0.1, 0.15) is 0 Å². The maximum atomic E-state index is 9.24. The van der Waals surface area contributed by atoms with Crippen molar-refractivity contribution in [3.8, 4) is 0 Å². The molecule has 1 aromatic rings. The van der Waals surface area contributed by atoms with E-state index < -0.39 is 0 Å². The van der Waals surface area contributed by atoms with E-state index in [9.17, 15) is 5.11 Å². The molecule has 0 bridgehead atoms. The lowest BCUT2D eigenvalue weighted by atomic mass is 9.88. The Morgan fingerprint density at radius 2 is 2.27 bits per heavy atom. The van der Waals surface area contributed by atoms with E-state index >= 15 is 0 Å². The van der Waals surface area contributed by atoms with Gasteiger partial charge in [0, 0.05) is 44.6 Å². The van der Waals surface area contributed by atoms with Crippen LogP contribution < -0.4 is 5.32 Å². The van der Waals surface area contributed by atoms with Crippen molar-refractivity contribution in [2.45, 2.75) is 26.8 Å². The lowest BCUT2D eigenvalue weighted by Crippen LogP contribution is -2.34. The van der Waals surface area contributed by atoms with E-state index in [1.807, 2.05) is 17.8 Å². The molecule has 0 aliphatic heterocycles. The number of nitrogens with zero attached hydrogens (tertiary/aromatic N) is 1. The maximum absolute atomic E-state index is 9.24. The van der Waals surface area contributed by atoms with Crippen molar-refractivity contribution in [2.24, 2.45) is 12.5 Å². The largest absolute Gasteiger partial charge is 0.396 e. The number of hydrogen-bond donors (Lipinski definition) is 2. The molecule has 0 radical (unpaired) electrons. The number of nitrogens with one attached hydrogen (secondary N) is 1. The fourth-order valence-corrected chi connectivity index (χ4v) is 1.47. The van der Waals surface area contributed by atoms with Crippen molar-refractivity contribution in [1.82, 2.24) is 9.88 Å². The summed E-state index contributed by atoms with van der Waals surface area (Å²) in [5.74, 6) is 0. The van der Waals surface area contributed by atoms with Crippen LogP contribution in [0.5, 0.6) is 0 Å². The molecule has 0 aliphatic rings. The third kappa shape index (κ3) is 3.68. The minimum absolute atomic E-state index is 0.00871. The third-order valence-corrected chi connectivity index (χ3v) is 3.01. The van der Waals surface area contributed by atoms with Gasteiger partial charge in [-0.2, -0.15) is 0 Å². The second-order valence-corrected chi connectivity index (χ2v) is 4.61. The first-order chi connectivity index (χ1) is 7.09. The molecule has 2 N–H and O–H groups in total. The van der Waals surface area contributed by atoms with Crippen LogP contribution >= 0.6 is 0 Å². The number of aryl methyl sites for hydroxylation is 1. The summed E-state index contributed by atoms with van der Waals surface area (Å²) in [4.78, 5) is 0. The van der Waals surface area contributed by atoms with Crippen LogP contribution in [-0.4, -0.2) is 22.8 Å². The highest BCUT2D eigenvalue weighted by molar-refractivity contribution is 5.09. The molecule has 86 valence electrons. The zero-order valence-electron chi connectivity index (χ0n) is 9.95. The molecule has 0 amide bonds. The number of hydrogen-bond acceptors (Lipinski definition) is 2. The number of aliphatic hydroxyl groups is 1. The Morgan fingerprint density at radius 1 is 1.53 bits per heavy atom. The summed E-state index contributed by atoms with van der Waals surface area (Å²) in [6, 6.07) is 2.11. The van der Waals surface area contributed by atoms with Crippen LogP contribution in [0.3, 0.4) is 0 Å². The van der Waals surface area contributed by atoms with Crippen LogP contribution in [0.4, 0.5) is 0 Å². The lowest BCUT2D eigenvalue weighted by Gasteiger charge is -2.25.